The smallest absolute Gasteiger partial charge is 0.326 e. The predicted molar refractivity (Wildman–Crippen MR) is 303 cm³/mol. The lowest BCUT2D eigenvalue weighted by atomic mass is 10.00. The lowest BCUT2D eigenvalue weighted by Gasteiger charge is -2.28. The van der Waals surface area contributed by atoms with Crippen molar-refractivity contribution in [2.24, 2.45) is 46.4 Å². The minimum atomic E-state index is -1.78. The van der Waals surface area contributed by atoms with E-state index in [1.807, 2.05) is 0 Å². The zero-order chi connectivity index (χ0) is 61.2. The Hall–Kier alpha value is -5.82. The van der Waals surface area contributed by atoms with Crippen LogP contribution in [0.25, 0.3) is 0 Å². The number of thioether (sulfide) groups is 2. The number of carbonyl (C=O) groups is 12. The van der Waals surface area contributed by atoms with Crippen LogP contribution in [0.3, 0.4) is 0 Å². The van der Waals surface area contributed by atoms with Crippen molar-refractivity contribution in [2.45, 2.75) is 179 Å². The Labute approximate surface area is 477 Å². The summed E-state index contributed by atoms with van der Waals surface area (Å²) in [6.45, 7) is 9.63. The van der Waals surface area contributed by atoms with Crippen molar-refractivity contribution >= 4 is 94.5 Å². The zero-order valence-corrected chi connectivity index (χ0v) is 49.2. The monoisotopic (exact) mass is 1180 g/mol. The van der Waals surface area contributed by atoms with E-state index in [1.165, 1.54) is 23.5 Å². The van der Waals surface area contributed by atoms with E-state index < -0.39 is 157 Å². The molecule has 0 saturated carbocycles. The molecule has 21 N–H and O–H groups in total. The molecule has 0 aliphatic heterocycles. The molecule has 0 unspecified atom stereocenters. The molecule has 28 nitrogen and oxygen atoms in total. The normalized spacial score (nSPS) is 15.0. The van der Waals surface area contributed by atoms with Gasteiger partial charge in [-0.3, -0.25) is 52.7 Å². The molecular formula is C50H92N14O14S2. The first-order chi connectivity index (χ1) is 37.6. The summed E-state index contributed by atoms with van der Waals surface area (Å²) in [7, 11) is 0. The van der Waals surface area contributed by atoms with Crippen LogP contribution in [0.4, 0.5) is 0 Å². The minimum Gasteiger partial charge on any atom is -0.480 e. The average Bonchev–Trinajstić information content (AvgIpc) is 3.38. The van der Waals surface area contributed by atoms with Gasteiger partial charge in [-0.1, -0.05) is 41.5 Å². The largest absolute Gasteiger partial charge is 0.480 e. The summed E-state index contributed by atoms with van der Waals surface area (Å²) in [5.41, 5.74) is 28.3. The molecular weight excluding hydrogens is 1080 g/mol. The number of aliphatic carboxylic acids is 1. The molecule has 0 aliphatic rings. The highest BCUT2D eigenvalue weighted by atomic mass is 32.2. The number of unbranched alkanes of at least 4 members (excludes halogenated alkanes) is 2. The van der Waals surface area contributed by atoms with Gasteiger partial charge < -0.3 is 86.7 Å². The molecule has 0 saturated heterocycles. The number of nitrogens with one attached hydrogen (secondary N) is 9. The van der Waals surface area contributed by atoms with Gasteiger partial charge in [-0.25, -0.2) is 4.79 Å². The lowest BCUT2D eigenvalue weighted by Crippen LogP contribution is -2.61. The van der Waals surface area contributed by atoms with Gasteiger partial charge in [0.1, 0.15) is 54.4 Å². The number of hydrogen-bond donors (Lipinski definition) is 16. The molecule has 11 amide bonds. The summed E-state index contributed by atoms with van der Waals surface area (Å²) < 4.78 is 0. The maximum atomic E-state index is 14.2. The summed E-state index contributed by atoms with van der Waals surface area (Å²) in [5, 5.41) is 42.4. The molecule has 0 aliphatic carbocycles. The predicted octanol–water partition coefficient (Wildman–Crippen LogP) is -3.98. The van der Waals surface area contributed by atoms with Crippen LogP contribution >= 0.6 is 23.5 Å². The quantitative estimate of drug-likeness (QED) is 0.0259. The number of nitrogens with two attached hydrogens (primary N) is 5. The topological polar surface area (TPSA) is 484 Å². The van der Waals surface area contributed by atoms with Crippen LogP contribution in [-0.4, -0.2) is 185 Å². The Balaban J connectivity index is 6.83. The van der Waals surface area contributed by atoms with Gasteiger partial charge in [0.25, 0.3) is 0 Å². The number of aliphatic hydroxyl groups is 1. The van der Waals surface area contributed by atoms with E-state index >= 15 is 0 Å². The lowest BCUT2D eigenvalue weighted by molar-refractivity contribution is -0.143. The SMILES string of the molecule is CSCC[C@H](NC(=O)[C@H](CCCCN)NC(=O)[C@H](CC(N)=O)NC(=O)[C@H](CO)NC(=O)[C@H](CC(C)C)NC(=O)[C@@H](N)C(C)C)C(=O)N[C@@H](CCC(N)=O)C(=O)N[C@@H](CCCCN)C(=O)N[C@@H](CCSC)C(=O)N[C@H](C(=O)O)C(C)C. The molecule has 30 heteroatoms. The minimum absolute atomic E-state index is 0.00642. The second-order valence-corrected chi connectivity index (χ2v) is 22.4. The van der Waals surface area contributed by atoms with Crippen LogP contribution in [0.1, 0.15) is 119 Å². The second-order valence-electron chi connectivity index (χ2n) is 20.4. The Kier molecular flexibility index (Phi) is 37.4. The van der Waals surface area contributed by atoms with E-state index in [0.29, 0.717) is 25.0 Å². The van der Waals surface area contributed by atoms with Crippen LogP contribution in [0, 0.1) is 17.8 Å². The highest BCUT2D eigenvalue weighted by Crippen LogP contribution is 2.13. The van der Waals surface area contributed by atoms with Crippen molar-refractivity contribution in [3.8, 4) is 0 Å². The third-order valence-electron chi connectivity index (χ3n) is 12.4. The third-order valence-corrected chi connectivity index (χ3v) is 13.7. The molecule has 0 aromatic heterocycles. The van der Waals surface area contributed by atoms with Gasteiger partial charge >= 0.3 is 5.97 Å². The Morgan fingerprint density at radius 2 is 0.787 bits per heavy atom. The highest BCUT2D eigenvalue weighted by Gasteiger charge is 2.36. The Bertz CT molecular complexity index is 2040. The van der Waals surface area contributed by atoms with Crippen molar-refractivity contribution in [1.82, 2.24) is 47.9 Å². The molecule has 0 radical (unpaired) electrons. The number of carboxylic acid groups (broad SMARTS) is 1. The van der Waals surface area contributed by atoms with E-state index in [-0.39, 0.29) is 75.6 Å². The number of aliphatic hydroxyl groups excluding tert-OH is 1. The fourth-order valence-corrected chi connectivity index (χ4v) is 8.58. The Morgan fingerprint density at radius 1 is 0.438 bits per heavy atom. The van der Waals surface area contributed by atoms with Gasteiger partial charge in [-0.2, -0.15) is 23.5 Å². The van der Waals surface area contributed by atoms with Gasteiger partial charge in [0, 0.05) is 6.42 Å². The summed E-state index contributed by atoms with van der Waals surface area (Å²) in [6, 6.07) is -13.8. The first-order valence-electron chi connectivity index (χ1n) is 26.9. The molecule has 10 atom stereocenters. The maximum Gasteiger partial charge on any atom is 0.326 e. The van der Waals surface area contributed by atoms with Crippen LogP contribution in [0.15, 0.2) is 0 Å². The number of primary amides is 2. The number of carboxylic acids is 1. The standard InChI is InChI=1S/C50H92N14O14S2/c1-26(2)23-34(62-49(76)39(55)27(3)4)46(73)63-36(25-65)48(75)61-35(24-38(54)67)47(74)57-30(14-10-12-20-52)42(69)59-32(17-21-79-7)44(71)58-31(15-16-37(53)66)43(70)56-29(13-9-11-19-51)41(68)60-33(18-22-80-8)45(72)64-40(28(5)6)50(77)78/h26-36,39-40,65H,9-25,51-52,55H2,1-8H3,(H2,53,66)(H2,54,67)(H,56,70)(H,57,74)(H,58,71)(H,59,69)(H,60,68)(H,61,75)(H,62,76)(H,63,73)(H,64,72)(H,77,78)/t29-,30-,31-,32-,33-,34-,35-,36-,39-,40-/m0/s1. The number of hydrogen-bond acceptors (Lipinski definition) is 18. The fourth-order valence-electron chi connectivity index (χ4n) is 7.64. The van der Waals surface area contributed by atoms with Crippen molar-refractivity contribution in [1.29, 1.82) is 0 Å². The van der Waals surface area contributed by atoms with Crippen molar-refractivity contribution in [2.75, 3.05) is 43.7 Å². The first-order valence-corrected chi connectivity index (χ1v) is 29.6. The third kappa shape index (κ3) is 29.6. The zero-order valence-electron chi connectivity index (χ0n) is 47.5. The Morgan fingerprint density at radius 3 is 1.14 bits per heavy atom. The molecule has 0 rings (SSSR count). The summed E-state index contributed by atoms with van der Waals surface area (Å²) in [4.78, 5) is 160. The van der Waals surface area contributed by atoms with Crippen LogP contribution in [0.2, 0.25) is 0 Å². The second kappa shape index (κ2) is 40.4. The molecule has 0 aromatic rings. The van der Waals surface area contributed by atoms with Crippen LogP contribution < -0.4 is 76.5 Å². The van der Waals surface area contributed by atoms with Crippen molar-refractivity contribution < 1.29 is 67.7 Å². The molecule has 0 spiro atoms. The van der Waals surface area contributed by atoms with E-state index in [9.17, 15) is 67.7 Å². The molecule has 458 valence electrons. The van der Waals surface area contributed by atoms with E-state index in [1.54, 1.807) is 54.1 Å². The average molecular weight is 1180 g/mol. The van der Waals surface area contributed by atoms with E-state index in [0.717, 1.165) is 0 Å². The van der Waals surface area contributed by atoms with Gasteiger partial charge in [-0.15, -0.1) is 0 Å². The van der Waals surface area contributed by atoms with E-state index in [2.05, 4.69) is 47.9 Å². The van der Waals surface area contributed by atoms with Gasteiger partial charge in [0.05, 0.1) is 19.1 Å². The van der Waals surface area contributed by atoms with Gasteiger partial charge in [0.15, 0.2) is 0 Å². The molecule has 0 aromatic carbocycles. The van der Waals surface area contributed by atoms with E-state index in [4.69, 9.17) is 28.7 Å². The molecule has 0 heterocycles. The molecule has 80 heavy (non-hydrogen) atoms. The van der Waals surface area contributed by atoms with Crippen LogP contribution in [0.5, 0.6) is 0 Å². The number of carbonyl (C=O) groups excluding carboxylic acids is 11. The highest BCUT2D eigenvalue weighted by molar-refractivity contribution is 7.98. The van der Waals surface area contributed by atoms with Crippen molar-refractivity contribution in [3.05, 3.63) is 0 Å². The summed E-state index contributed by atoms with van der Waals surface area (Å²) in [5.74, 6) is -11.5. The van der Waals surface area contributed by atoms with Crippen LogP contribution in [-0.2, 0) is 57.5 Å². The molecule has 0 bridgehead atoms. The summed E-state index contributed by atoms with van der Waals surface area (Å²) in [6.07, 6.45) is 3.34. The van der Waals surface area contributed by atoms with Gasteiger partial charge in [0.2, 0.25) is 65.0 Å². The first kappa shape index (κ1) is 74.2. The number of amides is 11. The fraction of sp³-hybridized carbons (Fsp3) is 0.760. The maximum absolute atomic E-state index is 14.2. The van der Waals surface area contributed by atoms with Crippen molar-refractivity contribution in [3.63, 3.8) is 0 Å². The molecule has 0 fully saturated rings. The van der Waals surface area contributed by atoms with Gasteiger partial charge in [-0.05, 0) is 119 Å². The number of rotatable bonds is 43. The summed E-state index contributed by atoms with van der Waals surface area (Å²) >= 11 is 2.67.